The van der Waals surface area contributed by atoms with Crippen LogP contribution in [0.25, 0.3) is 0 Å². The molecule has 3 heteroatoms. The van der Waals surface area contributed by atoms with Crippen LogP contribution >= 0.6 is 0 Å². The number of aryl methyl sites for hydroxylation is 1. The fourth-order valence-corrected chi connectivity index (χ4v) is 2.52. The highest BCUT2D eigenvalue weighted by Crippen LogP contribution is 2.26. The van der Waals surface area contributed by atoms with Crippen molar-refractivity contribution in [1.82, 2.24) is 15.3 Å². The molecule has 0 saturated heterocycles. The summed E-state index contributed by atoms with van der Waals surface area (Å²) >= 11 is 0. The van der Waals surface area contributed by atoms with E-state index in [0.29, 0.717) is 6.04 Å². The zero-order chi connectivity index (χ0) is 14.0. The highest BCUT2D eigenvalue weighted by molar-refractivity contribution is 5.23. The van der Waals surface area contributed by atoms with E-state index in [2.05, 4.69) is 51.1 Å². The Hall–Kier alpha value is -0.960. The van der Waals surface area contributed by atoms with Crippen LogP contribution < -0.4 is 5.32 Å². The number of rotatable bonds is 3. The first kappa shape index (κ1) is 14.4. The summed E-state index contributed by atoms with van der Waals surface area (Å²) in [5, 5.41) is 3.54. The molecule has 0 saturated carbocycles. The molecule has 0 radical (unpaired) electrons. The lowest BCUT2D eigenvalue weighted by Crippen LogP contribution is -2.32. The summed E-state index contributed by atoms with van der Waals surface area (Å²) in [5.74, 6) is 1.71. The Morgan fingerprint density at radius 3 is 2.74 bits per heavy atom. The molecule has 0 aliphatic heterocycles. The largest absolute Gasteiger partial charge is 0.314 e. The standard InChI is InChI=1S/C16H27N3/c1-11(2)17-9-12-6-7-14-13(8-12)10-18-15(19-14)16(3,4)5/h10-12,17H,6-9H2,1-5H3. The topological polar surface area (TPSA) is 37.8 Å². The van der Waals surface area contributed by atoms with Gasteiger partial charge in [0.15, 0.2) is 0 Å². The third kappa shape index (κ3) is 3.75. The van der Waals surface area contributed by atoms with Gasteiger partial charge in [-0.05, 0) is 37.3 Å². The van der Waals surface area contributed by atoms with E-state index in [1.807, 2.05) is 0 Å². The maximum absolute atomic E-state index is 4.78. The van der Waals surface area contributed by atoms with Crippen LogP contribution in [0, 0.1) is 5.92 Å². The van der Waals surface area contributed by atoms with E-state index in [1.165, 1.54) is 17.7 Å². The molecule has 1 atom stereocenters. The third-order valence-electron chi connectivity index (χ3n) is 3.74. The zero-order valence-electron chi connectivity index (χ0n) is 13.0. The van der Waals surface area contributed by atoms with Crippen LogP contribution in [0.15, 0.2) is 6.20 Å². The Kier molecular flexibility index (Phi) is 4.24. The number of nitrogens with zero attached hydrogens (tertiary/aromatic N) is 2. The highest BCUT2D eigenvalue weighted by Gasteiger charge is 2.23. The number of nitrogens with one attached hydrogen (secondary N) is 1. The molecule has 1 heterocycles. The molecule has 0 bridgehead atoms. The van der Waals surface area contributed by atoms with Crippen molar-refractivity contribution in [3.63, 3.8) is 0 Å². The fourth-order valence-electron chi connectivity index (χ4n) is 2.52. The lowest BCUT2D eigenvalue weighted by Gasteiger charge is -2.26. The Morgan fingerprint density at radius 2 is 2.11 bits per heavy atom. The van der Waals surface area contributed by atoms with Crippen LogP contribution in [0.1, 0.15) is 58.1 Å². The molecule has 1 aromatic heterocycles. The Bertz CT molecular complexity index is 432. The quantitative estimate of drug-likeness (QED) is 0.909. The second-order valence-corrected chi connectivity index (χ2v) is 7.09. The number of hydrogen-bond donors (Lipinski definition) is 1. The first-order valence-electron chi connectivity index (χ1n) is 7.45. The van der Waals surface area contributed by atoms with Gasteiger partial charge in [-0.1, -0.05) is 34.6 Å². The molecular weight excluding hydrogens is 234 g/mol. The second kappa shape index (κ2) is 5.58. The smallest absolute Gasteiger partial charge is 0.133 e. The molecule has 0 fully saturated rings. The molecule has 0 spiro atoms. The first-order valence-corrected chi connectivity index (χ1v) is 7.45. The highest BCUT2D eigenvalue weighted by atomic mass is 14.9. The average molecular weight is 261 g/mol. The van der Waals surface area contributed by atoms with E-state index in [0.717, 1.165) is 31.1 Å². The Labute approximate surface area is 117 Å². The predicted octanol–water partition coefficient (Wildman–Crippen LogP) is 2.88. The van der Waals surface area contributed by atoms with Gasteiger partial charge in [0.2, 0.25) is 0 Å². The molecule has 106 valence electrons. The fraction of sp³-hybridized carbons (Fsp3) is 0.750. The van der Waals surface area contributed by atoms with Gasteiger partial charge in [0.1, 0.15) is 5.82 Å². The molecule has 0 amide bonds. The molecule has 19 heavy (non-hydrogen) atoms. The minimum atomic E-state index is 0.0467. The SMILES string of the molecule is CC(C)NCC1CCc2nc(C(C)(C)C)ncc2C1. The lowest BCUT2D eigenvalue weighted by molar-refractivity contribution is 0.400. The minimum Gasteiger partial charge on any atom is -0.314 e. The average Bonchev–Trinajstić information content (AvgIpc) is 2.34. The molecule has 3 nitrogen and oxygen atoms in total. The van der Waals surface area contributed by atoms with Crippen LogP contribution in [0.3, 0.4) is 0 Å². The molecule has 0 aromatic carbocycles. The van der Waals surface area contributed by atoms with Gasteiger partial charge in [-0.15, -0.1) is 0 Å². The van der Waals surface area contributed by atoms with Crippen LogP contribution in [0.5, 0.6) is 0 Å². The summed E-state index contributed by atoms with van der Waals surface area (Å²) in [7, 11) is 0. The number of hydrogen-bond acceptors (Lipinski definition) is 3. The Balaban J connectivity index is 2.06. The first-order chi connectivity index (χ1) is 8.86. The van der Waals surface area contributed by atoms with Gasteiger partial charge in [0.05, 0.1) is 0 Å². The number of aromatic nitrogens is 2. The maximum Gasteiger partial charge on any atom is 0.133 e. The van der Waals surface area contributed by atoms with Crippen molar-refractivity contribution in [3.8, 4) is 0 Å². The summed E-state index contributed by atoms with van der Waals surface area (Å²) in [4.78, 5) is 9.34. The molecular formula is C16H27N3. The third-order valence-corrected chi connectivity index (χ3v) is 3.74. The van der Waals surface area contributed by atoms with Gasteiger partial charge in [-0.25, -0.2) is 9.97 Å². The van der Waals surface area contributed by atoms with Crippen molar-refractivity contribution in [3.05, 3.63) is 23.3 Å². The van der Waals surface area contributed by atoms with Crippen LogP contribution in [0.4, 0.5) is 0 Å². The van der Waals surface area contributed by atoms with Crippen molar-refractivity contribution < 1.29 is 0 Å². The molecule has 1 aliphatic carbocycles. The zero-order valence-corrected chi connectivity index (χ0v) is 13.0. The van der Waals surface area contributed by atoms with E-state index < -0.39 is 0 Å². The normalized spacial score (nSPS) is 19.6. The molecule has 1 aliphatic rings. The van der Waals surface area contributed by atoms with Crippen molar-refractivity contribution in [1.29, 1.82) is 0 Å². The van der Waals surface area contributed by atoms with Gasteiger partial charge in [0.25, 0.3) is 0 Å². The van der Waals surface area contributed by atoms with Gasteiger partial charge < -0.3 is 5.32 Å². The number of fused-ring (bicyclic) bond motifs is 1. The summed E-state index contributed by atoms with van der Waals surface area (Å²) in [6.07, 6.45) is 5.53. The predicted molar refractivity (Wildman–Crippen MR) is 79.4 cm³/mol. The van der Waals surface area contributed by atoms with E-state index in [9.17, 15) is 0 Å². The molecule has 1 N–H and O–H groups in total. The Morgan fingerprint density at radius 1 is 1.37 bits per heavy atom. The summed E-state index contributed by atoms with van der Waals surface area (Å²) in [5.41, 5.74) is 2.68. The van der Waals surface area contributed by atoms with Gasteiger partial charge in [-0.3, -0.25) is 0 Å². The molecule has 1 unspecified atom stereocenters. The molecule has 2 rings (SSSR count). The second-order valence-electron chi connectivity index (χ2n) is 7.09. The van der Waals surface area contributed by atoms with E-state index in [4.69, 9.17) is 4.98 Å². The van der Waals surface area contributed by atoms with Gasteiger partial charge >= 0.3 is 0 Å². The summed E-state index contributed by atoms with van der Waals surface area (Å²) in [6.45, 7) is 12.0. The van der Waals surface area contributed by atoms with E-state index in [-0.39, 0.29) is 5.41 Å². The lowest BCUT2D eigenvalue weighted by atomic mass is 9.86. The van der Waals surface area contributed by atoms with Crippen molar-refractivity contribution in [2.75, 3.05) is 6.54 Å². The van der Waals surface area contributed by atoms with Crippen LogP contribution in [-0.4, -0.2) is 22.6 Å². The van der Waals surface area contributed by atoms with Crippen molar-refractivity contribution in [2.24, 2.45) is 5.92 Å². The van der Waals surface area contributed by atoms with Crippen LogP contribution in [0.2, 0.25) is 0 Å². The molecule has 1 aromatic rings. The maximum atomic E-state index is 4.78. The van der Waals surface area contributed by atoms with E-state index >= 15 is 0 Å². The van der Waals surface area contributed by atoms with E-state index in [1.54, 1.807) is 0 Å². The van der Waals surface area contributed by atoms with Gasteiger partial charge in [0, 0.05) is 23.3 Å². The van der Waals surface area contributed by atoms with Crippen molar-refractivity contribution >= 4 is 0 Å². The van der Waals surface area contributed by atoms with Crippen molar-refractivity contribution in [2.45, 2.75) is 65.3 Å². The summed E-state index contributed by atoms with van der Waals surface area (Å²) in [6, 6.07) is 0.570. The van der Waals surface area contributed by atoms with Crippen LogP contribution in [-0.2, 0) is 18.3 Å². The minimum absolute atomic E-state index is 0.0467. The summed E-state index contributed by atoms with van der Waals surface area (Å²) < 4.78 is 0. The van der Waals surface area contributed by atoms with Gasteiger partial charge in [-0.2, -0.15) is 0 Å². The monoisotopic (exact) mass is 261 g/mol.